The summed E-state index contributed by atoms with van der Waals surface area (Å²) in [5.74, 6) is -19.7. The van der Waals surface area contributed by atoms with Gasteiger partial charge < -0.3 is 131 Å². The summed E-state index contributed by atoms with van der Waals surface area (Å²) in [6.07, 6.45) is -1.33. The number of carboxylic acid groups (broad SMARTS) is 3. The Hall–Kier alpha value is -12.2. The molecule has 3 aromatic heterocycles. The summed E-state index contributed by atoms with van der Waals surface area (Å²) >= 11 is 8.49. The van der Waals surface area contributed by atoms with Crippen LogP contribution < -0.4 is 80.6 Å². The van der Waals surface area contributed by atoms with Crippen molar-refractivity contribution in [2.75, 3.05) is 31.2 Å². The molecule has 0 radical (unpaired) electrons. The molecular weight excluding hydrogens is 1640 g/mol. The van der Waals surface area contributed by atoms with Gasteiger partial charge in [0.2, 0.25) is 76.8 Å². The quantitative estimate of drug-likeness (QED) is 0.0126. The Kier molecular flexibility index (Phi) is 39.5. The molecule has 27 N–H and O–H groups in total. The first-order valence-electron chi connectivity index (χ1n) is 39.0. The smallest absolute Gasteiger partial charge is 0.326 e. The van der Waals surface area contributed by atoms with E-state index in [0.29, 0.717) is 50.6 Å². The lowest BCUT2D eigenvalue weighted by Gasteiger charge is -2.28. The zero-order chi connectivity index (χ0) is 90.0. The molecule has 0 unspecified atom stereocenters. The monoisotopic (exact) mass is 1740 g/mol. The van der Waals surface area contributed by atoms with Gasteiger partial charge in [-0.3, -0.25) is 71.9 Å². The van der Waals surface area contributed by atoms with Gasteiger partial charge in [0, 0.05) is 96.1 Å². The molecule has 0 saturated carbocycles. The number of rotatable bonds is 52. The van der Waals surface area contributed by atoms with E-state index in [-0.39, 0.29) is 63.2 Å². The first-order chi connectivity index (χ1) is 57.9. The van der Waals surface area contributed by atoms with E-state index in [1.165, 1.54) is 36.8 Å². The zero-order valence-corrected chi connectivity index (χ0v) is 68.9. The fraction of sp³-hybridized carbons (Fsp3) is 0.474. The number of nitrogens with one attached hydrogen (secondary N) is 16. The van der Waals surface area contributed by atoms with Crippen LogP contribution in [0, 0.1) is 5.92 Å². The lowest BCUT2D eigenvalue weighted by atomic mass is 10.0. The van der Waals surface area contributed by atoms with Gasteiger partial charge in [-0.1, -0.05) is 62.4 Å². The van der Waals surface area contributed by atoms with Crippen LogP contribution in [0.1, 0.15) is 101 Å². The second-order valence-electron chi connectivity index (χ2n) is 29.4. The van der Waals surface area contributed by atoms with Crippen molar-refractivity contribution in [3.63, 3.8) is 0 Å². The summed E-state index contributed by atoms with van der Waals surface area (Å²) in [7, 11) is 0. The first kappa shape index (κ1) is 98.6. The molecule has 6 aromatic rings. The highest BCUT2D eigenvalue weighted by Gasteiger charge is 2.39. The molecule has 6 rings (SSSR count). The summed E-state index contributed by atoms with van der Waals surface area (Å²) in [6.45, 7) is 3.96. The number of nitrogens with two attached hydrogens (primary N) is 2. The predicted molar refractivity (Wildman–Crippen MR) is 444 cm³/mol. The number of carboxylic acids is 3. The van der Waals surface area contributed by atoms with E-state index in [1.54, 1.807) is 74.8 Å². The molecule has 42 nitrogen and oxygen atoms in total. The van der Waals surface area contributed by atoms with E-state index < -0.39 is 236 Å². The van der Waals surface area contributed by atoms with Crippen LogP contribution in [0.25, 0.3) is 21.8 Å². The fourth-order valence-corrected chi connectivity index (χ4v) is 13.2. The highest BCUT2D eigenvalue weighted by Crippen LogP contribution is 2.23. The number of H-pyrrole nitrogens is 3. The highest BCUT2D eigenvalue weighted by molar-refractivity contribution is 7.80. The van der Waals surface area contributed by atoms with E-state index in [4.69, 9.17) is 11.5 Å². The summed E-state index contributed by atoms with van der Waals surface area (Å²) in [5, 5.41) is 103. The number of aromatic hydroxyl groups is 1. The number of aliphatic carboxylic acids is 3. The number of phenolic OH excluding ortho intramolecular Hbond substituents is 1. The summed E-state index contributed by atoms with van der Waals surface area (Å²) in [5.41, 5.74) is 14.7. The van der Waals surface area contributed by atoms with Crippen LogP contribution >= 0.6 is 25.3 Å². The molecule has 3 aromatic carbocycles. The van der Waals surface area contributed by atoms with Crippen LogP contribution in [-0.4, -0.2) is 272 Å². The Balaban J connectivity index is 1.17. The van der Waals surface area contributed by atoms with Crippen molar-refractivity contribution >= 4 is 142 Å². The number of aromatic nitrogens is 4. The number of aromatic amines is 3. The number of aliphatic hydroxyl groups is 3. The number of imidazole rings is 1. The molecule has 0 spiro atoms. The number of hydrogen-bond donors (Lipinski definition) is 27. The molecule has 0 fully saturated rings. The van der Waals surface area contributed by atoms with Gasteiger partial charge in [-0.2, -0.15) is 25.3 Å². The molecule has 0 saturated heterocycles. The molecule has 0 bridgehead atoms. The SMILES string of the molecule is CC(C)C[C@H](NC(=O)CNC(=O)[C@H](Cc1c[nH]c2ccccc12)NC(=O)[C@H](CCCCN)NC(=O)[C@H](CCC(=O)O)NC(=O)[C@H](CS)NC(=O)[C@H](Cc1c[nH]c2ccccc12)NC(=O)[C@H](Cc1ccc(O)cc1)NC(=O)[C@@H](N)CO)C(=O)N[C@H](C(=O)N[C@@H](CS)C(=O)N[C@@H](CCC(=O)O)C(=O)N[C@H](C(=O)N[C@@H](Cc1cnc[nH]1)C(=O)O)[C@@H](C)O)[C@@H](C)O. The van der Waals surface area contributed by atoms with E-state index in [1.807, 2.05) is 0 Å². The Bertz CT molecular complexity index is 4600. The summed E-state index contributed by atoms with van der Waals surface area (Å²) in [4.78, 5) is 233. The molecule has 13 amide bonds. The largest absolute Gasteiger partial charge is 0.508 e. The van der Waals surface area contributed by atoms with E-state index in [0.717, 1.165) is 13.8 Å². The molecule has 0 aliphatic rings. The number of carbonyl (C=O) groups excluding carboxylic acids is 13. The van der Waals surface area contributed by atoms with Crippen LogP contribution in [0.4, 0.5) is 0 Å². The van der Waals surface area contributed by atoms with Crippen molar-refractivity contribution < 1.29 is 112 Å². The number of unbranched alkanes of at least 4 members (excludes halogenated alkanes) is 1. The molecule has 15 atom stereocenters. The number of fused-ring (bicyclic) bond motifs is 2. The Morgan fingerprint density at radius 3 is 1.30 bits per heavy atom. The number of amides is 13. The lowest BCUT2D eigenvalue weighted by Crippen LogP contribution is -2.62. The first-order valence-corrected chi connectivity index (χ1v) is 40.3. The van der Waals surface area contributed by atoms with Crippen LogP contribution in [0.3, 0.4) is 0 Å². The standard InChI is InChI=1S/C78H107N19O23S2/c1-38(2)25-54(73(114)97-65(40(4)100)77(118)95-60(36-122)75(116)89-53(21-23-63(105)106)70(111)96-64(39(3)99)76(117)93-58(78(119)120)29-44-32-81-37-85-44)86-61(102)33-84-67(108)56(27-42-30-82-49-13-7-5-11-46(42)49)91-68(109)51(15-9-10-24-79)87-69(110)52(20-22-62(103)104)88-74(115)59(35-121)94-72(113)57(28-43-31-83-50-14-8-6-12-47(43)50)92-71(112)55(90-66(107)48(80)34-98)26-41-16-18-45(101)19-17-41/h5-8,11-14,16-19,30-32,37-40,48,51-60,64-65,82-83,98-101,121-122H,9-10,15,20-29,33-36,79-80H2,1-4H3,(H,81,85)(H,84,108)(H,86,102)(H,87,110)(H,88,115)(H,89,116)(H,90,107)(H,91,109)(H,92,112)(H,93,117)(H,94,113)(H,95,118)(H,96,111)(H,97,114)(H,103,104)(H,105,106)(H,119,120)/t39-,40-,48+,51+,52+,53+,54+,55+,56+,57+,58+,59+,60+,64+,65+/m1/s1. The third-order valence-corrected chi connectivity index (χ3v) is 20.0. The zero-order valence-electron chi connectivity index (χ0n) is 67.2. The minimum absolute atomic E-state index is 0.1000. The van der Waals surface area contributed by atoms with Crippen molar-refractivity contribution in [3.05, 3.63) is 120 Å². The second kappa shape index (κ2) is 48.9. The maximum Gasteiger partial charge on any atom is 0.326 e. The van der Waals surface area contributed by atoms with Crippen LogP contribution in [0.15, 0.2) is 97.7 Å². The van der Waals surface area contributed by atoms with Gasteiger partial charge in [-0.15, -0.1) is 0 Å². The van der Waals surface area contributed by atoms with E-state index in [9.17, 15) is 112 Å². The van der Waals surface area contributed by atoms with Crippen molar-refractivity contribution in [1.29, 1.82) is 0 Å². The average molecular weight is 1740 g/mol. The number of thiol groups is 2. The van der Waals surface area contributed by atoms with E-state index >= 15 is 0 Å². The van der Waals surface area contributed by atoms with Gasteiger partial charge in [0.15, 0.2) is 0 Å². The van der Waals surface area contributed by atoms with Gasteiger partial charge in [0.25, 0.3) is 0 Å². The molecule has 44 heteroatoms. The lowest BCUT2D eigenvalue weighted by molar-refractivity contribution is -0.143. The number of hydrogen-bond acceptors (Lipinski definition) is 25. The molecule has 0 aliphatic carbocycles. The fourth-order valence-electron chi connectivity index (χ4n) is 12.7. The average Bonchev–Trinajstić information content (AvgIpc) is 1.64. The number of aliphatic hydroxyl groups excluding tert-OH is 3. The predicted octanol–water partition coefficient (Wildman–Crippen LogP) is -4.79. The third-order valence-electron chi connectivity index (χ3n) is 19.3. The van der Waals surface area contributed by atoms with Gasteiger partial charge >= 0.3 is 17.9 Å². The minimum Gasteiger partial charge on any atom is -0.508 e. The Morgan fingerprint density at radius 2 is 0.861 bits per heavy atom. The molecule has 0 aliphatic heterocycles. The summed E-state index contributed by atoms with van der Waals surface area (Å²) in [6, 6.07) is -1.86. The Labute approximate surface area is 709 Å². The van der Waals surface area contributed by atoms with Gasteiger partial charge in [-0.05, 0) is 106 Å². The van der Waals surface area contributed by atoms with Crippen LogP contribution in [0.2, 0.25) is 0 Å². The minimum atomic E-state index is -1.90. The molecule has 122 heavy (non-hydrogen) atoms. The number of phenols is 1. The highest BCUT2D eigenvalue weighted by atomic mass is 32.1. The summed E-state index contributed by atoms with van der Waals surface area (Å²) < 4.78 is 0. The van der Waals surface area contributed by atoms with Crippen molar-refractivity contribution in [2.24, 2.45) is 17.4 Å². The molecule has 3 heterocycles. The number of benzene rings is 3. The van der Waals surface area contributed by atoms with Gasteiger partial charge in [0.1, 0.15) is 84.3 Å². The maximum absolute atomic E-state index is 14.8. The molecular formula is C78H107N19O23S2. The van der Waals surface area contributed by atoms with Crippen LogP contribution in [0.5, 0.6) is 5.75 Å². The van der Waals surface area contributed by atoms with Crippen LogP contribution in [-0.2, 0) is 102 Å². The normalized spacial score (nSPS) is 15.0. The third kappa shape index (κ3) is 31.1. The second-order valence-corrected chi connectivity index (χ2v) is 30.1. The number of para-hydroxylation sites is 2. The van der Waals surface area contributed by atoms with E-state index in [2.05, 4.69) is 114 Å². The van der Waals surface area contributed by atoms with Gasteiger partial charge in [-0.25, -0.2) is 9.78 Å². The number of nitrogens with zero attached hydrogens (tertiary/aromatic N) is 1. The van der Waals surface area contributed by atoms with Crippen molar-refractivity contribution in [2.45, 2.75) is 195 Å². The van der Waals surface area contributed by atoms with Crippen molar-refractivity contribution in [3.8, 4) is 5.75 Å². The van der Waals surface area contributed by atoms with Gasteiger partial charge in [0.05, 0.1) is 31.7 Å². The molecule has 664 valence electrons. The topological polar surface area (TPSA) is 683 Å². The maximum atomic E-state index is 14.8. The Morgan fingerprint density at radius 1 is 0.451 bits per heavy atom. The number of carbonyl (C=O) groups is 16. The van der Waals surface area contributed by atoms with Crippen molar-refractivity contribution in [1.82, 2.24) is 89.1 Å².